The van der Waals surface area contributed by atoms with E-state index in [4.69, 9.17) is 4.99 Å². The largest absolute Gasteiger partial charge is 0.298 e. The van der Waals surface area contributed by atoms with Crippen LogP contribution in [0.4, 0.5) is 4.39 Å². The monoisotopic (exact) mass is 447 g/mol. The molecule has 0 spiro atoms. The Morgan fingerprint density at radius 2 is 1.88 bits per heavy atom. The van der Waals surface area contributed by atoms with Crippen LogP contribution in [0.3, 0.4) is 0 Å². The highest BCUT2D eigenvalue weighted by molar-refractivity contribution is 14.1. The summed E-state index contributed by atoms with van der Waals surface area (Å²) in [4.78, 5) is 9.57. The molecule has 1 aliphatic heterocycles. The van der Waals surface area contributed by atoms with Crippen LogP contribution >= 0.6 is 22.6 Å². The van der Waals surface area contributed by atoms with Gasteiger partial charge in [0.25, 0.3) is 0 Å². The molecule has 4 rings (SSSR count). The van der Waals surface area contributed by atoms with Crippen molar-refractivity contribution in [3.8, 4) is 0 Å². The lowest BCUT2D eigenvalue weighted by molar-refractivity contribution is 0.293. The summed E-state index contributed by atoms with van der Waals surface area (Å²) in [5, 5.41) is 0. The van der Waals surface area contributed by atoms with Crippen molar-refractivity contribution in [2.75, 3.05) is 0 Å². The lowest BCUT2D eigenvalue weighted by Gasteiger charge is -2.44. The molecular weight excluding hydrogens is 428 g/mol. The van der Waals surface area contributed by atoms with Gasteiger partial charge in [-0.2, -0.15) is 0 Å². The standard InChI is InChI=1S/C20H19FIN3/c1-19(2)17-13(6-5-7-14(17)21)18(24-20(19,3)4)15-11-23-16-10-12(22)8-9-25(15)16/h5-11H,1-4H3. The highest BCUT2D eigenvalue weighted by Crippen LogP contribution is 2.45. The van der Waals surface area contributed by atoms with Gasteiger partial charge in [-0.3, -0.25) is 9.39 Å². The molecule has 0 unspecified atom stereocenters. The summed E-state index contributed by atoms with van der Waals surface area (Å²) in [6, 6.07) is 9.31. The first-order valence-corrected chi connectivity index (χ1v) is 9.32. The number of aliphatic imine (C=N–C) groups is 1. The van der Waals surface area contributed by atoms with Crippen molar-refractivity contribution in [3.05, 3.63) is 68.9 Å². The van der Waals surface area contributed by atoms with Crippen LogP contribution in [0.2, 0.25) is 0 Å². The van der Waals surface area contributed by atoms with Crippen LogP contribution in [0.25, 0.3) is 5.65 Å². The second kappa shape index (κ2) is 5.37. The quantitative estimate of drug-likeness (QED) is 0.484. The molecule has 0 aliphatic carbocycles. The maximum atomic E-state index is 14.8. The van der Waals surface area contributed by atoms with Gasteiger partial charge in [0.05, 0.1) is 23.1 Å². The van der Waals surface area contributed by atoms with E-state index in [2.05, 4.69) is 55.3 Å². The van der Waals surface area contributed by atoms with E-state index in [1.54, 1.807) is 6.07 Å². The van der Waals surface area contributed by atoms with E-state index in [0.29, 0.717) is 0 Å². The molecule has 0 N–H and O–H groups in total. The predicted molar refractivity (Wildman–Crippen MR) is 107 cm³/mol. The lowest BCUT2D eigenvalue weighted by Crippen LogP contribution is -2.47. The summed E-state index contributed by atoms with van der Waals surface area (Å²) in [5.41, 5.74) is 3.28. The molecule has 0 saturated heterocycles. The summed E-state index contributed by atoms with van der Waals surface area (Å²) in [6.07, 6.45) is 3.82. The van der Waals surface area contributed by atoms with Crippen LogP contribution in [0.1, 0.15) is 44.5 Å². The van der Waals surface area contributed by atoms with Crippen LogP contribution in [-0.2, 0) is 5.41 Å². The Hall–Kier alpha value is -1.76. The number of pyridine rings is 1. The third kappa shape index (κ3) is 2.35. The summed E-state index contributed by atoms with van der Waals surface area (Å²) in [6.45, 7) is 8.25. The topological polar surface area (TPSA) is 29.7 Å². The third-order valence-corrected chi connectivity index (χ3v) is 6.20. The van der Waals surface area contributed by atoms with Gasteiger partial charge in [-0.15, -0.1) is 0 Å². The van der Waals surface area contributed by atoms with Crippen LogP contribution < -0.4 is 0 Å². The Balaban J connectivity index is 2.05. The molecule has 0 radical (unpaired) electrons. The second-order valence-corrected chi connectivity index (χ2v) is 8.77. The number of halogens is 2. The third-order valence-electron chi connectivity index (χ3n) is 5.53. The normalized spacial score (nSPS) is 18.1. The molecule has 1 aliphatic rings. The Kier molecular flexibility index (Phi) is 3.58. The average Bonchev–Trinajstić information content (AvgIpc) is 2.93. The van der Waals surface area contributed by atoms with Crippen molar-refractivity contribution in [2.45, 2.75) is 38.6 Å². The van der Waals surface area contributed by atoms with E-state index in [1.165, 1.54) is 6.07 Å². The number of hydrogen-bond donors (Lipinski definition) is 0. The van der Waals surface area contributed by atoms with Gasteiger partial charge in [0.15, 0.2) is 0 Å². The van der Waals surface area contributed by atoms with Crippen LogP contribution in [0.15, 0.2) is 47.7 Å². The zero-order valence-electron chi connectivity index (χ0n) is 14.6. The molecule has 128 valence electrons. The Morgan fingerprint density at radius 1 is 1.12 bits per heavy atom. The Bertz CT molecular complexity index is 1030. The fourth-order valence-corrected chi connectivity index (χ4v) is 3.91. The van der Waals surface area contributed by atoms with Crippen LogP contribution in [-0.4, -0.2) is 20.6 Å². The minimum absolute atomic E-state index is 0.175. The van der Waals surface area contributed by atoms with Crippen LogP contribution in [0, 0.1) is 9.39 Å². The summed E-state index contributed by atoms with van der Waals surface area (Å²) in [5.74, 6) is -0.175. The zero-order chi connectivity index (χ0) is 18.0. The highest BCUT2D eigenvalue weighted by Gasteiger charge is 2.45. The molecule has 3 nitrogen and oxygen atoms in total. The van der Waals surface area contributed by atoms with Crippen molar-refractivity contribution in [1.29, 1.82) is 0 Å². The predicted octanol–water partition coefficient (Wildman–Crippen LogP) is 4.99. The number of aromatic nitrogens is 2. The number of nitrogens with zero attached hydrogens (tertiary/aromatic N) is 3. The Labute approximate surface area is 160 Å². The second-order valence-electron chi connectivity index (χ2n) is 7.52. The van der Waals surface area contributed by atoms with Gasteiger partial charge >= 0.3 is 0 Å². The van der Waals surface area contributed by atoms with Gasteiger partial charge in [-0.25, -0.2) is 9.37 Å². The van der Waals surface area contributed by atoms with E-state index in [1.807, 2.05) is 35.0 Å². The molecule has 0 atom stereocenters. The SMILES string of the molecule is CC1(C)N=C(c2cnc3cc(I)ccn23)c2cccc(F)c2C1(C)C. The molecule has 2 aromatic heterocycles. The van der Waals surface area contributed by atoms with E-state index >= 15 is 0 Å². The highest BCUT2D eigenvalue weighted by atomic mass is 127. The fraction of sp³-hybridized carbons (Fsp3) is 0.300. The van der Waals surface area contributed by atoms with E-state index in [0.717, 1.165) is 31.7 Å². The summed E-state index contributed by atoms with van der Waals surface area (Å²) >= 11 is 2.27. The van der Waals surface area contributed by atoms with Crippen molar-refractivity contribution in [3.63, 3.8) is 0 Å². The molecular formula is C20H19FIN3. The van der Waals surface area contributed by atoms with Gasteiger partial charge in [0.1, 0.15) is 11.5 Å². The summed E-state index contributed by atoms with van der Waals surface area (Å²) < 4.78 is 18.0. The minimum Gasteiger partial charge on any atom is -0.298 e. The molecule has 25 heavy (non-hydrogen) atoms. The fourth-order valence-electron chi connectivity index (χ4n) is 3.47. The number of imidazole rings is 1. The molecule has 5 heteroatoms. The first-order valence-electron chi connectivity index (χ1n) is 8.24. The zero-order valence-corrected chi connectivity index (χ0v) is 16.8. The maximum Gasteiger partial charge on any atom is 0.138 e. The van der Waals surface area contributed by atoms with Gasteiger partial charge in [0.2, 0.25) is 0 Å². The van der Waals surface area contributed by atoms with Crippen LogP contribution in [0.5, 0.6) is 0 Å². The molecule has 1 aromatic carbocycles. The van der Waals surface area contributed by atoms with Crippen molar-refractivity contribution in [1.82, 2.24) is 9.38 Å². The summed E-state index contributed by atoms with van der Waals surface area (Å²) in [7, 11) is 0. The van der Waals surface area contributed by atoms with Crippen molar-refractivity contribution >= 4 is 33.9 Å². The lowest BCUT2D eigenvalue weighted by atomic mass is 9.66. The number of rotatable bonds is 1. The molecule has 0 bridgehead atoms. The van der Waals surface area contributed by atoms with E-state index in [9.17, 15) is 4.39 Å². The number of benzene rings is 1. The number of hydrogen-bond acceptors (Lipinski definition) is 2. The molecule has 3 aromatic rings. The molecule has 0 fully saturated rings. The smallest absolute Gasteiger partial charge is 0.138 e. The molecule has 3 heterocycles. The maximum absolute atomic E-state index is 14.8. The van der Waals surface area contributed by atoms with E-state index < -0.39 is 11.0 Å². The Morgan fingerprint density at radius 3 is 2.64 bits per heavy atom. The van der Waals surface area contributed by atoms with E-state index in [-0.39, 0.29) is 5.82 Å². The van der Waals surface area contributed by atoms with Gasteiger partial charge < -0.3 is 0 Å². The van der Waals surface area contributed by atoms with Gasteiger partial charge in [-0.1, -0.05) is 26.0 Å². The molecule has 0 amide bonds. The number of fused-ring (bicyclic) bond motifs is 2. The van der Waals surface area contributed by atoms with Gasteiger partial charge in [0, 0.05) is 26.3 Å². The van der Waals surface area contributed by atoms with Gasteiger partial charge in [-0.05, 0) is 54.6 Å². The van der Waals surface area contributed by atoms with Crippen molar-refractivity contribution in [2.24, 2.45) is 4.99 Å². The minimum atomic E-state index is -0.440. The average molecular weight is 447 g/mol. The van der Waals surface area contributed by atoms with Crippen molar-refractivity contribution < 1.29 is 4.39 Å². The first-order chi connectivity index (χ1) is 11.7. The first kappa shape index (κ1) is 16.7. The molecule has 0 saturated carbocycles.